The fourth-order valence-corrected chi connectivity index (χ4v) is 0.201. The minimum Gasteiger partial charge on any atom is -0.474 e. The van der Waals surface area contributed by atoms with Crippen LogP contribution in [0.3, 0.4) is 0 Å². The molecule has 0 aliphatic heterocycles. The molecule has 0 bridgehead atoms. The molecule has 0 atom stereocenters. The molecule has 0 amide bonds. The van der Waals surface area contributed by atoms with Gasteiger partial charge in [0.05, 0.1) is 0 Å². The van der Waals surface area contributed by atoms with Gasteiger partial charge < -0.3 is 4.74 Å². The number of halogens is 3. The van der Waals surface area contributed by atoms with Crippen molar-refractivity contribution in [2.24, 2.45) is 0 Å². The number of hydrogen-bond acceptors (Lipinski definition) is 2. The van der Waals surface area contributed by atoms with Gasteiger partial charge in [0.1, 0.15) is 6.07 Å². The zero-order valence-electron chi connectivity index (χ0n) is 4.90. The Balaban J connectivity index is 3.58. The third kappa shape index (κ3) is 4.97. The maximum Gasteiger partial charge on any atom is 0.422 e. The first-order chi connectivity index (χ1) is 4.45. The Morgan fingerprint density at radius 3 is 2.40 bits per heavy atom. The average molecular weight is 151 g/mol. The van der Waals surface area contributed by atoms with Crippen LogP contribution in [0.1, 0.15) is 0 Å². The van der Waals surface area contributed by atoms with Crippen LogP contribution in [0.5, 0.6) is 0 Å². The van der Waals surface area contributed by atoms with Gasteiger partial charge in [0.15, 0.2) is 12.4 Å². The Hall–Kier alpha value is -1.18. The minimum absolute atomic E-state index is 0.530. The molecular formula is C5H4F3NO. The van der Waals surface area contributed by atoms with Gasteiger partial charge in [-0.1, -0.05) is 0 Å². The van der Waals surface area contributed by atoms with Crippen LogP contribution in [0.15, 0.2) is 12.3 Å². The van der Waals surface area contributed by atoms with Gasteiger partial charge in [0, 0.05) is 0 Å². The molecule has 0 unspecified atom stereocenters. The summed E-state index contributed by atoms with van der Waals surface area (Å²) < 4.78 is 37.7. The predicted octanol–water partition coefficient (Wildman–Crippen LogP) is 1.60. The third-order valence-electron chi connectivity index (χ3n) is 0.535. The summed E-state index contributed by atoms with van der Waals surface area (Å²) in [4.78, 5) is 0. The van der Waals surface area contributed by atoms with Crippen molar-refractivity contribution in [3.05, 3.63) is 12.3 Å². The van der Waals surface area contributed by atoms with Crippen molar-refractivity contribution in [2.45, 2.75) is 6.18 Å². The van der Waals surface area contributed by atoms with E-state index in [1.54, 1.807) is 0 Å². The Kier molecular flexibility index (Phi) is 2.74. The first-order valence-electron chi connectivity index (χ1n) is 2.24. The number of hydrogen-bond donors (Lipinski definition) is 0. The van der Waals surface area contributed by atoms with Crippen LogP contribution >= 0.6 is 0 Å². The van der Waals surface area contributed by atoms with Gasteiger partial charge in [-0.2, -0.15) is 18.4 Å². The van der Waals surface area contributed by atoms with Crippen molar-refractivity contribution in [3.63, 3.8) is 0 Å². The summed E-state index contributed by atoms with van der Waals surface area (Å²) in [6.45, 7) is 1.43. The van der Waals surface area contributed by atoms with Crippen LogP contribution in [-0.4, -0.2) is 12.8 Å². The van der Waals surface area contributed by atoms with Gasteiger partial charge in [-0.3, -0.25) is 0 Å². The molecule has 0 fully saturated rings. The van der Waals surface area contributed by atoms with Crippen molar-refractivity contribution >= 4 is 0 Å². The molecule has 0 rings (SSSR count). The van der Waals surface area contributed by atoms with E-state index in [4.69, 9.17) is 5.26 Å². The molecule has 0 heterocycles. The molecule has 0 N–H and O–H groups in total. The molecule has 0 aliphatic rings. The maximum absolute atomic E-state index is 11.3. The number of ether oxygens (including phenoxy) is 1. The lowest BCUT2D eigenvalue weighted by Gasteiger charge is -2.05. The lowest BCUT2D eigenvalue weighted by Crippen LogP contribution is -2.16. The zero-order valence-corrected chi connectivity index (χ0v) is 4.90. The average Bonchev–Trinajstić information content (AvgIpc) is 1.81. The number of alkyl halides is 3. The van der Waals surface area contributed by atoms with Crippen molar-refractivity contribution in [3.8, 4) is 6.07 Å². The normalized spacial score (nSPS) is 10.2. The lowest BCUT2D eigenvalue weighted by atomic mass is 10.6. The minimum atomic E-state index is -4.40. The highest BCUT2D eigenvalue weighted by Gasteiger charge is 2.28. The van der Waals surface area contributed by atoms with Crippen LogP contribution in [0.4, 0.5) is 13.2 Å². The molecule has 2 nitrogen and oxygen atoms in total. The molecule has 5 heteroatoms. The predicted molar refractivity (Wildman–Crippen MR) is 26.8 cm³/mol. The van der Waals surface area contributed by atoms with Gasteiger partial charge >= 0.3 is 6.18 Å². The van der Waals surface area contributed by atoms with Gasteiger partial charge in [-0.25, -0.2) is 0 Å². The van der Waals surface area contributed by atoms with Crippen LogP contribution in [0.2, 0.25) is 0 Å². The van der Waals surface area contributed by atoms with E-state index < -0.39 is 18.5 Å². The van der Waals surface area contributed by atoms with Crippen LogP contribution in [-0.2, 0) is 4.74 Å². The Morgan fingerprint density at radius 1 is 1.60 bits per heavy atom. The number of nitrogens with zero attached hydrogens (tertiary/aromatic N) is 1. The van der Waals surface area contributed by atoms with Crippen molar-refractivity contribution in [1.29, 1.82) is 5.26 Å². The molecule has 56 valence electrons. The topological polar surface area (TPSA) is 33.0 Å². The van der Waals surface area contributed by atoms with Crippen molar-refractivity contribution in [1.82, 2.24) is 0 Å². The first-order valence-corrected chi connectivity index (χ1v) is 2.24. The van der Waals surface area contributed by atoms with Crippen LogP contribution < -0.4 is 0 Å². The van der Waals surface area contributed by atoms with E-state index in [-0.39, 0.29) is 0 Å². The van der Waals surface area contributed by atoms with Gasteiger partial charge in [0.2, 0.25) is 0 Å². The molecule has 0 aromatic heterocycles. The summed E-state index contributed by atoms with van der Waals surface area (Å²) in [5.74, 6) is -0.530. The molecule has 0 aliphatic carbocycles. The van der Waals surface area contributed by atoms with E-state index in [1.807, 2.05) is 0 Å². The Morgan fingerprint density at radius 2 is 2.10 bits per heavy atom. The summed E-state index contributed by atoms with van der Waals surface area (Å²) in [5.41, 5.74) is 0. The highest BCUT2D eigenvalue weighted by molar-refractivity contribution is 5.06. The second kappa shape index (κ2) is 3.11. The monoisotopic (exact) mass is 151 g/mol. The highest BCUT2D eigenvalue weighted by atomic mass is 19.4. The van der Waals surface area contributed by atoms with E-state index in [9.17, 15) is 13.2 Å². The molecule has 0 aromatic rings. The number of rotatable bonds is 2. The number of allylic oxidation sites excluding steroid dienone is 1. The lowest BCUT2D eigenvalue weighted by molar-refractivity contribution is -0.163. The smallest absolute Gasteiger partial charge is 0.422 e. The molecule has 0 radical (unpaired) electrons. The van der Waals surface area contributed by atoms with E-state index in [1.165, 1.54) is 6.07 Å². The molecular weight excluding hydrogens is 147 g/mol. The fraction of sp³-hybridized carbons (Fsp3) is 0.400. The quantitative estimate of drug-likeness (QED) is 0.443. The van der Waals surface area contributed by atoms with E-state index in [0.29, 0.717) is 0 Å². The van der Waals surface area contributed by atoms with Gasteiger partial charge in [0.25, 0.3) is 0 Å². The molecule has 0 aromatic carbocycles. The molecule has 0 saturated heterocycles. The summed E-state index contributed by atoms with van der Waals surface area (Å²) >= 11 is 0. The number of nitriles is 1. The molecule has 10 heavy (non-hydrogen) atoms. The second-order valence-corrected chi connectivity index (χ2v) is 1.44. The van der Waals surface area contributed by atoms with E-state index in [0.717, 1.165) is 0 Å². The van der Waals surface area contributed by atoms with Crippen molar-refractivity contribution in [2.75, 3.05) is 6.61 Å². The highest BCUT2D eigenvalue weighted by Crippen LogP contribution is 2.15. The summed E-state index contributed by atoms with van der Waals surface area (Å²) in [6.07, 6.45) is -4.40. The van der Waals surface area contributed by atoms with Crippen LogP contribution in [0.25, 0.3) is 0 Å². The molecule has 0 saturated carbocycles. The van der Waals surface area contributed by atoms with Gasteiger partial charge in [-0.05, 0) is 6.58 Å². The van der Waals surface area contributed by atoms with Gasteiger partial charge in [-0.15, -0.1) is 0 Å². The maximum atomic E-state index is 11.3. The fourth-order valence-electron chi connectivity index (χ4n) is 0.201. The van der Waals surface area contributed by atoms with E-state index >= 15 is 0 Å². The Labute approximate surface area is 55.5 Å². The Bertz CT molecular complexity index is 167. The second-order valence-electron chi connectivity index (χ2n) is 1.44. The largest absolute Gasteiger partial charge is 0.474 e. The summed E-state index contributed by atoms with van der Waals surface area (Å²) in [7, 11) is 0. The SMILES string of the molecule is C=C(C#N)OCC(F)(F)F. The van der Waals surface area contributed by atoms with Crippen molar-refractivity contribution < 1.29 is 17.9 Å². The summed E-state index contributed by atoms with van der Waals surface area (Å²) in [6, 6.07) is 1.32. The van der Waals surface area contributed by atoms with Crippen LogP contribution in [0, 0.1) is 11.3 Å². The first kappa shape index (κ1) is 8.82. The third-order valence-corrected chi connectivity index (χ3v) is 0.535. The molecule has 0 spiro atoms. The standard InChI is InChI=1S/C5H4F3NO/c1-4(2-9)10-3-5(6,7)8/h1,3H2. The zero-order chi connectivity index (χ0) is 8.20. The summed E-state index contributed by atoms with van der Waals surface area (Å²) in [5, 5.41) is 7.89. The van der Waals surface area contributed by atoms with E-state index in [2.05, 4.69) is 11.3 Å².